The number of carbonyl (C=O) groups is 2. The summed E-state index contributed by atoms with van der Waals surface area (Å²) in [7, 11) is 3.93. The highest BCUT2D eigenvalue weighted by atomic mass is 16.3. The summed E-state index contributed by atoms with van der Waals surface area (Å²) in [5, 5.41) is 10.8. The van der Waals surface area contributed by atoms with Gasteiger partial charge in [0, 0.05) is 24.5 Å². The molecule has 1 aliphatic rings. The van der Waals surface area contributed by atoms with Gasteiger partial charge in [-0.15, -0.1) is 0 Å². The van der Waals surface area contributed by atoms with Gasteiger partial charge >= 0.3 is 0 Å². The predicted molar refractivity (Wildman–Crippen MR) is 103 cm³/mol. The van der Waals surface area contributed by atoms with Crippen LogP contribution in [0.1, 0.15) is 23.6 Å². The van der Waals surface area contributed by atoms with Crippen molar-refractivity contribution in [1.82, 2.24) is 14.8 Å². The summed E-state index contributed by atoms with van der Waals surface area (Å²) in [5.41, 5.74) is 1.40. The minimum atomic E-state index is -0.650. The zero-order valence-corrected chi connectivity index (χ0v) is 15.5. The Labute approximate surface area is 158 Å². The Hall–Kier alpha value is -2.99. The molecule has 0 bridgehead atoms. The van der Waals surface area contributed by atoms with E-state index in [1.807, 2.05) is 49.3 Å². The molecule has 3 rings (SSSR count). The van der Waals surface area contributed by atoms with Crippen LogP contribution in [0, 0.1) is 0 Å². The maximum atomic E-state index is 12.8. The van der Waals surface area contributed by atoms with Crippen LogP contribution >= 0.6 is 0 Å². The van der Waals surface area contributed by atoms with Crippen molar-refractivity contribution in [2.75, 3.05) is 27.2 Å². The van der Waals surface area contributed by atoms with Crippen LogP contribution in [0.3, 0.4) is 0 Å². The molecule has 27 heavy (non-hydrogen) atoms. The first kappa shape index (κ1) is 18.8. The number of aromatic nitrogens is 1. The smallest absolute Gasteiger partial charge is 0.295 e. The van der Waals surface area contributed by atoms with E-state index in [-0.39, 0.29) is 11.3 Å². The number of benzene rings is 1. The summed E-state index contributed by atoms with van der Waals surface area (Å²) in [6.45, 7) is 1.24. The predicted octanol–water partition coefficient (Wildman–Crippen LogP) is 2.46. The lowest BCUT2D eigenvalue weighted by molar-refractivity contribution is -0.139. The number of likely N-dealkylation sites (tertiary alicyclic amines) is 1. The number of Topliss-reactive ketones (excluding diaryl/α,β-unsaturated/α-hetero) is 1. The molecule has 2 aromatic rings. The molecule has 1 fully saturated rings. The zero-order valence-electron chi connectivity index (χ0n) is 15.5. The van der Waals surface area contributed by atoms with Gasteiger partial charge in [-0.3, -0.25) is 14.6 Å². The molecule has 1 saturated heterocycles. The van der Waals surface area contributed by atoms with E-state index in [0.29, 0.717) is 12.1 Å². The van der Waals surface area contributed by atoms with Crippen LogP contribution in [0.15, 0.2) is 60.4 Å². The molecule has 140 valence electrons. The lowest BCUT2D eigenvalue weighted by Gasteiger charge is -2.25. The fourth-order valence-electron chi connectivity index (χ4n) is 3.32. The first-order chi connectivity index (χ1) is 13.0. The second-order valence-corrected chi connectivity index (χ2v) is 6.80. The Morgan fingerprint density at radius 2 is 1.78 bits per heavy atom. The lowest BCUT2D eigenvalue weighted by atomic mass is 9.95. The highest BCUT2D eigenvalue weighted by Gasteiger charge is 2.45. The molecular weight excluding hydrogens is 342 g/mol. The van der Waals surface area contributed by atoms with Crippen LogP contribution in [0.5, 0.6) is 0 Å². The average molecular weight is 365 g/mol. The van der Waals surface area contributed by atoms with Crippen LogP contribution in [-0.4, -0.2) is 58.8 Å². The van der Waals surface area contributed by atoms with Gasteiger partial charge < -0.3 is 14.9 Å². The van der Waals surface area contributed by atoms with Crippen molar-refractivity contribution in [2.45, 2.75) is 12.5 Å². The Kier molecular flexibility index (Phi) is 5.66. The van der Waals surface area contributed by atoms with E-state index in [0.717, 1.165) is 18.5 Å². The molecule has 1 aliphatic heterocycles. The quantitative estimate of drug-likeness (QED) is 0.484. The summed E-state index contributed by atoms with van der Waals surface area (Å²) in [6.07, 6.45) is 3.82. The number of nitrogens with zero attached hydrogens (tertiary/aromatic N) is 3. The molecule has 0 saturated carbocycles. The molecule has 0 spiro atoms. The Morgan fingerprint density at radius 1 is 1.11 bits per heavy atom. The fraction of sp³-hybridized carbons (Fsp3) is 0.286. The van der Waals surface area contributed by atoms with Gasteiger partial charge in [0.05, 0.1) is 11.6 Å². The molecule has 0 aliphatic carbocycles. The van der Waals surface area contributed by atoms with Gasteiger partial charge in [-0.2, -0.15) is 0 Å². The molecular formula is C21H23N3O3. The third-order valence-electron chi connectivity index (χ3n) is 4.61. The second-order valence-electron chi connectivity index (χ2n) is 6.80. The van der Waals surface area contributed by atoms with Crippen molar-refractivity contribution in [3.05, 3.63) is 71.6 Å². The van der Waals surface area contributed by atoms with E-state index in [1.165, 1.54) is 0 Å². The number of hydrogen-bond acceptors (Lipinski definition) is 5. The number of rotatable bonds is 6. The minimum absolute atomic E-state index is 0.127. The van der Waals surface area contributed by atoms with E-state index in [1.54, 1.807) is 29.4 Å². The maximum Gasteiger partial charge on any atom is 0.295 e. The molecule has 2 heterocycles. The number of aliphatic hydroxyl groups excluding tert-OH is 1. The van der Waals surface area contributed by atoms with Gasteiger partial charge in [0.15, 0.2) is 0 Å². The van der Waals surface area contributed by atoms with Crippen molar-refractivity contribution in [2.24, 2.45) is 0 Å². The average Bonchev–Trinajstić information content (AvgIpc) is 2.93. The fourth-order valence-corrected chi connectivity index (χ4v) is 3.32. The number of carbonyl (C=O) groups excluding carboxylic acids is 2. The van der Waals surface area contributed by atoms with Gasteiger partial charge in [-0.1, -0.05) is 30.3 Å². The number of pyridine rings is 1. The number of aliphatic hydroxyl groups is 1. The monoisotopic (exact) mass is 365 g/mol. The lowest BCUT2D eigenvalue weighted by Crippen LogP contribution is -2.32. The van der Waals surface area contributed by atoms with E-state index in [2.05, 4.69) is 4.98 Å². The van der Waals surface area contributed by atoms with Gasteiger partial charge in [0.2, 0.25) is 0 Å². The summed E-state index contributed by atoms with van der Waals surface area (Å²) < 4.78 is 0. The maximum absolute atomic E-state index is 12.8. The van der Waals surface area contributed by atoms with Gasteiger partial charge in [0.25, 0.3) is 11.7 Å². The van der Waals surface area contributed by atoms with Crippen molar-refractivity contribution in [3.8, 4) is 0 Å². The van der Waals surface area contributed by atoms with Crippen LogP contribution < -0.4 is 0 Å². The summed E-state index contributed by atoms with van der Waals surface area (Å²) >= 11 is 0. The molecule has 1 aromatic carbocycles. The zero-order chi connectivity index (χ0) is 19.4. The first-order valence-corrected chi connectivity index (χ1v) is 8.89. The van der Waals surface area contributed by atoms with Crippen molar-refractivity contribution in [3.63, 3.8) is 0 Å². The van der Waals surface area contributed by atoms with Gasteiger partial charge in [-0.25, -0.2) is 0 Å². The molecule has 1 aromatic heterocycles. The van der Waals surface area contributed by atoms with Crippen LogP contribution in [0.2, 0.25) is 0 Å². The topological polar surface area (TPSA) is 73.7 Å². The van der Waals surface area contributed by atoms with E-state index >= 15 is 0 Å². The van der Waals surface area contributed by atoms with Gasteiger partial charge in [-0.05, 0) is 44.8 Å². The molecule has 1 N–H and O–H groups in total. The number of hydrogen-bond donors (Lipinski definition) is 1. The molecule has 6 nitrogen and oxygen atoms in total. The molecule has 6 heteroatoms. The summed E-state index contributed by atoms with van der Waals surface area (Å²) in [6, 6.07) is 12.0. The van der Waals surface area contributed by atoms with Crippen molar-refractivity contribution in [1.29, 1.82) is 0 Å². The van der Waals surface area contributed by atoms with Crippen molar-refractivity contribution < 1.29 is 14.7 Å². The first-order valence-electron chi connectivity index (χ1n) is 8.89. The molecule has 1 amide bonds. The SMILES string of the molecule is CN(C)CCCN1C(=O)C(=O)C(=C(O)c2ccncc2)[C@H]1c1ccccc1. The van der Waals surface area contributed by atoms with E-state index in [4.69, 9.17) is 0 Å². The minimum Gasteiger partial charge on any atom is -0.507 e. The molecule has 1 atom stereocenters. The Morgan fingerprint density at radius 3 is 2.41 bits per heavy atom. The molecule has 0 unspecified atom stereocenters. The highest BCUT2D eigenvalue weighted by molar-refractivity contribution is 6.46. The third-order valence-corrected chi connectivity index (χ3v) is 4.61. The Balaban J connectivity index is 2.05. The second kappa shape index (κ2) is 8.14. The largest absolute Gasteiger partial charge is 0.507 e. The Bertz CT molecular complexity index is 847. The van der Waals surface area contributed by atoms with E-state index < -0.39 is 17.7 Å². The standard InChI is InChI=1S/C21H23N3O3/c1-23(2)13-6-14-24-18(15-7-4-3-5-8-15)17(20(26)21(24)27)19(25)16-9-11-22-12-10-16/h3-5,7-12,18,25H,6,13-14H2,1-2H3/t18-/m1/s1. The van der Waals surface area contributed by atoms with Crippen LogP contribution in [0.4, 0.5) is 0 Å². The number of ketones is 1. The number of amides is 1. The normalized spacial score (nSPS) is 19.1. The molecule has 0 radical (unpaired) electrons. The summed E-state index contributed by atoms with van der Waals surface area (Å²) in [5.74, 6) is -1.39. The van der Waals surface area contributed by atoms with E-state index in [9.17, 15) is 14.7 Å². The van der Waals surface area contributed by atoms with Crippen LogP contribution in [0.25, 0.3) is 5.76 Å². The van der Waals surface area contributed by atoms with Crippen molar-refractivity contribution >= 4 is 17.4 Å². The highest BCUT2D eigenvalue weighted by Crippen LogP contribution is 2.39. The summed E-state index contributed by atoms with van der Waals surface area (Å²) in [4.78, 5) is 33.0. The van der Waals surface area contributed by atoms with Crippen LogP contribution in [-0.2, 0) is 9.59 Å². The third kappa shape index (κ3) is 3.90. The van der Waals surface area contributed by atoms with Gasteiger partial charge in [0.1, 0.15) is 5.76 Å².